The summed E-state index contributed by atoms with van der Waals surface area (Å²) in [6, 6.07) is 7.86. The van der Waals surface area contributed by atoms with E-state index < -0.39 is 0 Å². The van der Waals surface area contributed by atoms with Crippen LogP contribution in [0.15, 0.2) is 36.7 Å². The van der Waals surface area contributed by atoms with E-state index in [0.717, 1.165) is 24.2 Å². The van der Waals surface area contributed by atoms with E-state index in [0.29, 0.717) is 11.6 Å². The van der Waals surface area contributed by atoms with Gasteiger partial charge in [-0.25, -0.2) is 4.98 Å². The van der Waals surface area contributed by atoms with Gasteiger partial charge in [-0.3, -0.25) is 4.79 Å². The standard InChI is InChI=1S/C13H13N3O/c17-13(16-11-5-6-11)10-3-1-9(2-4-10)12-14-7-8-15-12/h1-4,7-8,11H,5-6H2,(H,14,15)(H,16,17). The number of carbonyl (C=O) groups is 1. The van der Waals surface area contributed by atoms with Crippen LogP contribution < -0.4 is 5.32 Å². The molecule has 1 aliphatic carbocycles. The molecule has 0 spiro atoms. The Kier molecular flexibility index (Phi) is 2.40. The minimum absolute atomic E-state index is 0.0125. The van der Waals surface area contributed by atoms with E-state index in [1.165, 1.54) is 0 Å². The van der Waals surface area contributed by atoms with E-state index in [9.17, 15) is 4.79 Å². The van der Waals surface area contributed by atoms with Crippen LogP contribution in [0.25, 0.3) is 11.4 Å². The number of carbonyl (C=O) groups excluding carboxylic acids is 1. The monoisotopic (exact) mass is 227 g/mol. The molecule has 0 aliphatic heterocycles. The molecule has 1 saturated carbocycles. The first-order chi connectivity index (χ1) is 8.33. The second-order valence-corrected chi connectivity index (χ2v) is 4.26. The van der Waals surface area contributed by atoms with E-state index in [-0.39, 0.29) is 5.91 Å². The summed E-state index contributed by atoms with van der Waals surface area (Å²) >= 11 is 0. The molecular formula is C13H13N3O. The summed E-state index contributed by atoms with van der Waals surface area (Å²) in [4.78, 5) is 19.0. The minimum atomic E-state index is 0.0125. The summed E-state index contributed by atoms with van der Waals surface area (Å²) in [5.74, 6) is 0.831. The number of aromatic amines is 1. The van der Waals surface area contributed by atoms with Crippen molar-refractivity contribution in [3.8, 4) is 11.4 Å². The molecule has 0 saturated heterocycles. The largest absolute Gasteiger partial charge is 0.349 e. The van der Waals surface area contributed by atoms with Crippen molar-refractivity contribution in [3.63, 3.8) is 0 Å². The van der Waals surface area contributed by atoms with Crippen LogP contribution in [0.5, 0.6) is 0 Å². The molecule has 1 heterocycles. The number of H-pyrrole nitrogens is 1. The highest BCUT2D eigenvalue weighted by atomic mass is 16.1. The smallest absolute Gasteiger partial charge is 0.251 e. The minimum Gasteiger partial charge on any atom is -0.349 e. The fraction of sp³-hybridized carbons (Fsp3) is 0.231. The fourth-order valence-electron chi connectivity index (χ4n) is 1.70. The van der Waals surface area contributed by atoms with Crippen molar-refractivity contribution in [2.24, 2.45) is 0 Å². The predicted molar refractivity (Wildman–Crippen MR) is 64.5 cm³/mol. The van der Waals surface area contributed by atoms with Gasteiger partial charge in [0, 0.05) is 29.6 Å². The molecule has 17 heavy (non-hydrogen) atoms. The molecule has 0 atom stereocenters. The van der Waals surface area contributed by atoms with Crippen molar-refractivity contribution in [1.29, 1.82) is 0 Å². The van der Waals surface area contributed by atoms with Gasteiger partial charge >= 0.3 is 0 Å². The molecule has 1 aromatic heterocycles. The Hall–Kier alpha value is -2.10. The maximum atomic E-state index is 11.8. The van der Waals surface area contributed by atoms with Gasteiger partial charge in [-0.05, 0) is 25.0 Å². The number of hydrogen-bond acceptors (Lipinski definition) is 2. The van der Waals surface area contributed by atoms with E-state index in [1.54, 1.807) is 12.4 Å². The Bertz CT molecular complexity index is 512. The number of rotatable bonds is 3. The number of hydrogen-bond donors (Lipinski definition) is 2. The first kappa shape index (κ1) is 10.1. The summed E-state index contributed by atoms with van der Waals surface area (Å²) in [5.41, 5.74) is 1.69. The zero-order chi connectivity index (χ0) is 11.7. The third-order valence-corrected chi connectivity index (χ3v) is 2.83. The molecule has 2 aromatic rings. The molecule has 4 nitrogen and oxygen atoms in total. The molecule has 1 aliphatic rings. The van der Waals surface area contributed by atoms with Gasteiger partial charge in [0.2, 0.25) is 0 Å². The number of aromatic nitrogens is 2. The van der Waals surface area contributed by atoms with Crippen LogP contribution in [0.4, 0.5) is 0 Å². The van der Waals surface area contributed by atoms with Gasteiger partial charge in [-0.15, -0.1) is 0 Å². The van der Waals surface area contributed by atoms with Crippen molar-refractivity contribution in [2.75, 3.05) is 0 Å². The molecule has 0 bridgehead atoms. The third kappa shape index (κ3) is 2.20. The van der Waals surface area contributed by atoms with Crippen molar-refractivity contribution in [3.05, 3.63) is 42.2 Å². The molecule has 1 amide bonds. The van der Waals surface area contributed by atoms with Crippen LogP contribution in [0, 0.1) is 0 Å². The summed E-state index contributed by atoms with van der Waals surface area (Å²) in [7, 11) is 0. The number of nitrogens with zero attached hydrogens (tertiary/aromatic N) is 1. The average Bonchev–Trinajstić information content (AvgIpc) is 3.00. The molecule has 3 rings (SSSR count). The molecule has 1 aromatic carbocycles. The van der Waals surface area contributed by atoms with Gasteiger partial charge in [0.15, 0.2) is 0 Å². The van der Waals surface area contributed by atoms with Crippen LogP contribution >= 0.6 is 0 Å². The van der Waals surface area contributed by atoms with Crippen molar-refractivity contribution in [1.82, 2.24) is 15.3 Å². The summed E-state index contributed by atoms with van der Waals surface area (Å²) in [6.45, 7) is 0. The summed E-state index contributed by atoms with van der Waals surface area (Å²) < 4.78 is 0. The Morgan fingerprint density at radius 1 is 1.29 bits per heavy atom. The summed E-state index contributed by atoms with van der Waals surface area (Å²) in [5, 5.41) is 2.96. The second kappa shape index (κ2) is 4.05. The topological polar surface area (TPSA) is 57.8 Å². The zero-order valence-corrected chi connectivity index (χ0v) is 9.31. The van der Waals surface area contributed by atoms with Crippen LogP contribution in [0.2, 0.25) is 0 Å². The highest BCUT2D eigenvalue weighted by molar-refractivity contribution is 5.94. The second-order valence-electron chi connectivity index (χ2n) is 4.26. The lowest BCUT2D eigenvalue weighted by Crippen LogP contribution is -2.25. The van der Waals surface area contributed by atoms with Crippen LogP contribution in [0.1, 0.15) is 23.2 Å². The van der Waals surface area contributed by atoms with Crippen LogP contribution in [-0.4, -0.2) is 21.9 Å². The zero-order valence-electron chi connectivity index (χ0n) is 9.31. The van der Waals surface area contributed by atoms with E-state index in [4.69, 9.17) is 0 Å². The number of amides is 1. The Labute approximate surface area is 99.1 Å². The van der Waals surface area contributed by atoms with Crippen LogP contribution in [0.3, 0.4) is 0 Å². The van der Waals surface area contributed by atoms with Gasteiger partial charge in [-0.1, -0.05) is 12.1 Å². The lowest BCUT2D eigenvalue weighted by molar-refractivity contribution is 0.0951. The first-order valence-corrected chi connectivity index (χ1v) is 5.73. The molecule has 86 valence electrons. The number of imidazole rings is 1. The first-order valence-electron chi connectivity index (χ1n) is 5.73. The van der Waals surface area contributed by atoms with Gasteiger partial charge in [0.05, 0.1) is 0 Å². The van der Waals surface area contributed by atoms with E-state index in [1.807, 2.05) is 24.3 Å². The quantitative estimate of drug-likeness (QED) is 0.842. The lowest BCUT2D eigenvalue weighted by Gasteiger charge is -2.03. The van der Waals surface area contributed by atoms with Crippen molar-refractivity contribution in [2.45, 2.75) is 18.9 Å². The third-order valence-electron chi connectivity index (χ3n) is 2.83. The highest BCUT2D eigenvalue weighted by Gasteiger charge is 2.23. The Morgan fingerprint density at radius 3 is 2.65 bits per heavy atom. The van der Waals surface area contributed by atoms with E-state index in [2.05, 4.69) is 15.3 Å². The normalized spacial score (nSPS) is 14.6. The molecule has 0 unspecified atom stereocenters. The molecule has 0 radical (unpaired) electrons. The van der Waals surface area contributed by atoms with Gasteiger partial charge in [-0.2, -0.15) is 0 Å². The van der Waals surface area contributed by atoms with Gasteiger partial charge in [0.1, 0.15) is 5.82 Å². The molecule has 1 fully saturated rings. The lowest BCUT2D eigenvalue weighted by atomic mass is 10.1. The Balaban J connectivity index is 1.77. The Morgan fingerprint density at radius 2 is 2.06 bits per heavy atom. The van der Waals surface area contributed by atoms with Gasteiger partial charge < -0.3 is 10.3 Å². The highest BCUT2D eigenvalue weighted by Crippen LogP contribution is 2.20. The van der Waals surface area contributed by atoms with Gasteiger partial charge in [0.25, 0.3) is 5.91 Å². The summed E-state index contributed by atoms with van der Waals surface area (Å²) in [6.07, 6.45) is 5.71. The maximum absolute atomic E-state index is 11.8. The predicted octanol–water partition coefficient (Wildman–Crippen LogP) is 1.97. The van der Waals surface area contributed by atoms with Crippen molar-refractivity contribution < 1.29 is 4.79 Å². The fourth-order valence-corrected chi connectivity index (χ4v) is 1.70. The van der Waals surface area contributed by atoms with E-state index >= 15 is 0 Å². The van der Waals surface area contributed by atoms with Crippen molar-refractivity contribution >= 4 is 5.91 Å². The SMILES string of the molecule is O=C(NC1CC1)c1ccc(-c2ncc[nH]2)cc1. The number of benzene rings is 1. The molecule has 4 heteroatoms. The average molecular weight is 227 g/mol. The maximum Gasteiger partial charge on any atom is 0.251 e. The molecule has 2 N–H and O–H groups in total. The number of nitrogens with one attached hydrogen (secondary N) is 2. The van der Waals surface area contributed by atoms with Crippen LogP contribution in [-0.2, 0) is 0 Å². The molecular weight excluding hydrogens is 214 g/mol.